The molecule has 1 amide bonds. The van der Waals surface area contributed by atoms with Crippen LogP contribution in [0.5, 0.6) is 0 Å². The Hall–Kier alpha value is -1.02. The molecule has 0 spiro atoms. The van der Waals surface area contributed by atoms with Crippen LogP contribution in [0.2, 0.25) is 0 Å². The summed E-state index contributed by atoms with van der Waals surface area (Å²) in [6.07, 6.45) is 65.0. The Morgan fingerprint density at radius 1 is 0.507 bits per heavy atom. The molecule has 0 bridgehead atoms. The highest BCUT2D eigenvalue weighted by molar-refractivity contribution is 7.45. The lowest BCUT2D eigenvalue weighted by Gasteiger charge is -2.30. The van der Waals surface area contributed by atoms with Crippen LogP contribution >= 0.6 is 7.82 Å². The predicted molar refractivity (Wildman–Crippen MR) is 298 cm³/mol. The summed E-state index contributed by atoms with van der Waals surface area (Å²) in [6.45, 7) is 4.76. The van der Waals surface area contributed by atoms with Gasteiger partial charge in [-0.25, -0.2) is 0 Å². The fourth-order valence-electron chi connectivity index (χ4n) is 9.19. The van der Waals surface area contributed by atoms with Crippen molar-refractivity contribution in [2.45, 2.75) is 315 Å². The standard InChI is InChI=1S/C60H119N2O6P/c1-6-8-10-12-14-16-18-20-22-24-26-28-29-30-31-32-33-34-36-38-40-42-44-46-48-50-52-54-60(64)61-58(57-68-69(65,66)67-56-55-62(3,4)5)59(63)53-51-49-47-45-43-41-39-37-35-27-25-23-21-19-17-15-13-11-9-7-2/h18,20,24,26,58-59,63H,6-17,19,21-23,25,27-57H2,1-5H3,(H-,61,64,65,66)/b20-18-,26-24-. The van der Waals surface area contributed by atoms with E-state index < -0.39 is 20.0 Å². The summed E-state index contributed by atoms with van der Waals surface area (Å²) in [5, 5.41) is 14.0. The van der Waals surface area contributed by atoms with Crippen LogP contribution in [0.15, 0.2) is 24.3 Å². The molecular weight excluding hydrogens is 876 g/mol. The van der Waals surface area contributed by atoms with Gasteiger partial charge in [0.1, 0.15) is 13.2 Å². The molecule has 0 saturated carbocycles. The molecule has 0 fully saturated rings. The summed E-state index contributed by atoms with van der Waals surface area (Å²) in [4.78, 5) is 25.6. The van der Waals surface area contributed by atoms with E-state index >= 15 is 0 Å². The highest BCUT2D eigenvalue weighted by atomic mass is 31.2. The van der Waals surface area contributed by atoms with Gasteiger partial charge in [0.15, 0.2) is 0 Å². The van der Waals surface area contributed by atoms with Crippen molar-refractivity contribution < 1.29 is 32.9 Å². The number of phosphoric acid groups is 1. The van der Waals surface area contributed by atoms with E-state index in [0.29, 0.717) is 23.9 Å². The van der Waals surface area contributed by atoms with E-state index in [0.717, 1.165) is 44.9 Å². The molecule has 0 aliphatic rings. The van der Waals surface area contributed by atoms with Crippen molar-refractivity contribution in [3.8, 4) is 0 Å². The van der Waals surface area contributed by atoms with Crippen molar-refractivity contribution in [1.82, 2.24) is 5.32 Å². The van der Waals surface area contributed by atoms with Crippen LogP contribution in [0.3, 0.4) is 0 Å². The van der Waals surface area contributed by atoms with E-state index in [4.69, 9.17) is 9.05 Å². The zero-order valence-electron chi connectivity index (χ0n) is 46.8. The third-order valence-electron chi connectivity index (χ3n) is 13.9. The number of aliphatic hydroxyl groups excluding tert-OH is 1. The van der Waals surface area contributed by atoms with E-state index in [9.17, 15) is 19.4 Å². The second-order valence-corrected chi connectivity index (χ2v) is 23.5. The lowest BCUT2D eigenvalue weighted by atomic mass is 10.0. The minimum atomic E-state index is -4.57. The molecule has 3 atom stereocenters. The summed E-state index contributed by atoms with van der Waals surface area (Å²) in [5.74, 6) is -0.160. The highest BCUT2D eigenvalue weighted by Crippen LogP contribution is 2.38. The van der Waals surface area contributed by atoms with Gasteiger partial charge < -0.3 is 28.8 Å². The lowest BCUT2D eigenvalue weighted by molar-refractivity contribution is -0.870. The lowest BCUT2D eigenvalue weighted by Crippen LogP contribution is -2.46. The van der Waals surface area contributed by atoms with E-state index in [1.54, 1.807) is 0 Å². The number of nitrogens with zero attached hydrogens (tertiary/aromatic N) is 1. The molecule has 0 aliphatic heterocycles. The van der Waals surface area contributed by atoms with Crippen molar-refractivity contribution in [2.75, 3.05) is 40.9 Å². The smallest absolute Gasteiger partial charge is 0.268 e. The first kappa shape index (κ1) is 68.0. The zero-order valence-corrected chi connectivity index (χ0v) is 47.7. The van der Waals surface area contributed by atoms with Crippen LogP contribution in [-0.4, -0.2) is 68.5 Å². The number of carbonyl (C=O) groups excluding carboxylic acids is 1. The van der Waals surface area contributed by atoms with E-state index in [2.05, 4.69) is 43.5 Å². The number of unbranched alkanes of at least 4 members (excludes halogenated alkanes) is 39. The Labute approximate surface area is 430 Å². The molecule has 0 radical (unpaired) electrons. The van der Waals surface area contributed by atoms with Gasteiger partial charge in [-0.2, -0.15) is 0 Å². The van der Waals surface area contributed by atoms with Crippen molar-refractivity contribution in [2.24, 2.45) is 0 Å². The molecule has 0 aromatic carbocycles. The number of rotatable bonds is 56. The van der Waals surface area contributed by atoms with E-state index in [-0.39, 0.29) is 19.1 Å². The van der Waals surface area contributed by atoms with Gasteiger partial charge >= 0.3 is 0 Å². The van der Waals surface area contributed by atoms with Crippen LogP contribution in [0.1, 0.15) is 303 Å². The first-order chi connectivity index (χ1) is 33.5. The quantitative estimate of drug-likeness (QED) is 0.0272. The molecule has 0 aromatic rings. The van der Waals surface area contributed by atoms with Crippen LogP contribution < -0.4 is 10.2 Å². The third-order valence-corrected chi connectivity index (χ3v) is 14.9. The summed E-state index contributed by atoms with van der Waals surface area (Å²) in [6, 6.07) is -0.799. The first-order valence-electron chi connectivity index (χ1n) is 30.2. The van der Waals surface area contributed by atoms with Crippen LogP contribution in [0, 0.1) is 0 Å². The maximum absolute atomic E-state index is 13.0. The molecule has 3 unspecified atom stereocenters. The summed E-state index contributed by atoms with van der Waals surface area (Å²) < 4.78 is 23.5. The molecule has 8 nitrogen and oxygen atoms in total. The van der Waals surface area contributed by atoms with E-state index in [1.165, 1.54) is 231 Å². The maximum Gasteiger partial charge on any atom is 0.268 e. The minimum Gasteiger partial charge on any atom is -0.756 e. The number of carbonyl (C=O) groups is 1. The Morgan fingerprint density at radius 2 is 0.841 bits per heavy atom. The number of hydrogen-bond donors (Lipinski definition) is 2. The Morgan fingerprint density at radius 3 is 1.20 bits per heavy atom. The largest absolute Gasteiger partial charge is 0.756 e. The number of aliphatic hydroxyl groups is 1. The van der Waals surface area contributed by atoms with Crippen LogP contribution in [-0.2, 0) is 18.4 Å². The first-order valence-corrected chi connectivity index (χ1v) is 31.6. The number of quaternary nitrogens is 1. The van der Waals surface area contributed by atoms with Gasteiger partial charge in [-0.3, -0.25) is 9.36 Å². The average molecular weight is 996 g/mol. The second kappa shape index (κ2) is 51.9. The van der Waals surface area contributed by atoms with E-state index in [1.807, 2.05) is 21.1 Å². The van der Waals surface area contributed by atoms with Gasteiger partial charge in [-0.1, -0.05) is 276 Å². The molecule has 0 heterocycles. The monoisotopic (exact) mass is 995 g/mol. The molecule has 0 saturated heterocycles. The van der Waals surface area contributed by atoms with Gasteiger partial charge in [-0.05, 0) is 44.9 Å². The topological polar surface area (TPSA) is 108 Å². The van der Waals surface area contributed by atoms with Gasteiger partial charge in [0.05, 0.1) is 39.9 Å². The number of allylic oxidation sites excluding steroid dienone is 4. The second-order valence-electron chi connectivity index (χ2n) is 22.1. The normalized spacial score (nSPS) is 14.0. The number of nitrogens with one attached hydrogen (secondary N) is 1. The van der Waals surface area contributed by atoms with Crippen molar-refractivity contribution in [3.05, 3.63) is 24.3 Å². The van der Waals surface area contributed by atoms with Crippen LogP contribution in [0.4, 0.5) is 0 Å². The molecule has 9 heteroatoms. The summed E-state index contributed by atoms with van der Waals surface area (Å²) >= 11 is 0. The Kier molecular flexibility index (Phi) is 51.1. The number of hydrogen-bond acceptors (Lipinski definition) is 6. The fourth-order valence-corrected chi connectivity index (χ4v) is 9.91. The van der Waals surface area contributed by atoms with Gasteiger partial charge in [0.25, 0.3) is 7.82 Å². The number of likely N-dealkylation sites (N-methyl/N-ethyl adjacent to an activating group) is 1. The molecule has 2 N–H and O–H groups in total. The Balaban J connectivity index is 4.10. The van der Waals surface area contributed by atoms with Gasteiger partial charge in [0.2, 0.25) is 5.91 Å². The van der Waals surface area contributed by atoms with Crippen molar-refractivity contribution >= 4 is 13.7 Å². The van der Waals surface area contributed by atoms with Crippen molar-refractivity contribution in [1.29, 1.82) is 0 Å². The summed E-state index contributed by atoms with van der Waals surface area (Å²) in [7, 11) is 1.32. The van der Waals surface area contributed by atoms with Gasteiger partial charge in [-0.15, -0.1) is 0 Å². The third kappa shape index (κ3) is 54.6. The fraction of sp³-hybridized carbons (Fsp3) is 0.917. The minimum absolute atomic E-state index is 0.0142. The van der Waals surface area contributed by atoms with Crippen molar-refractivity contribution in [3.63, 3.8) is 0 Å². The SMILES string of the molecule is CCCCCCC/C=C\C/C=C\CCCCCCCCCCCCCCCCCC(=O)NC(COP(=O)([O-])OCC[N+](C)(C)C)C(O)CCCCCCCCCCCCCCCCCCCCCC. The van der Waals surface area contributed by atoms with Crippen LogP contribution in [0.25, 0.3) is 0 Å². The highest BCUT2D eigenvalue weighted by Gasteiger charge is 2.24. The summed E-state index contributed by atoms with van der Waals surface area (Å²) in [5.41, 5.74) is 0. The molecule has 0 aliphatic carbocycles. The predicted octanol–water partition coefficient (Wildman–Crippen LogP) is 17.7. The average Bonchev–Trinajstić information content (AvgIpc) is 3.31. The molecule has 0 rings (SSSR count). The molecule has 410 valence electrons. The Bertz CT molecular complexity index is 1170. The van der Waals surface area contributed by atoms with Gasteiger partial charge in [0, 0.05) is 6.42 Å². The number of phosphoric ester groups is 1. The maximum atomic E-state index is 13.0. The molecular formula is C60H119N2O6P. The molecule has 0 aromatic heterocycles. The zero-order chi connectivity index (χ0) is 50.6. The molecule has 69 heavy (non-hydrogen) atoms. The number of amides is 1.